The third-order valence-corrected chi connectivity index (χ3v) is 4.95. The van der Waals surface area contributed by atoms with Crippen LogP contribution in [0.2, 0.25) is 0 Å². The number of aromatic nitrogens is 2. The summed E-state index contributed by atoms with van der Waals surface area (Å²) < 4.78 is 16.2. The third kappa shape index (κ3) is 5.29. The smallest absolute Gasteiger partial charge is 0.191 e. The molecule has 6 nitrogen and oxygen atoms in total. The Balaban J connectivity index is 1.49. The maximum Gasteiger partial charge on any atom is 0.191 e. The Bertz CT molecular complexity index is 764. The van der Waals surface area contributed by atoms with Crippen LogP contribution in [0.15, 0.2) is 35.6 Å². The van der Waals surface area contributed by atoms with Gasteiger partial charge in [0.2, 0.25) is 0 Å². The molecule has 1 fully saturated rings. The number of halogens is 1. The minimum atomic E-state index is -0.261. The van der Waals surface area contributed by atoms with Crippen molar-refractivity contribution in [1.82, 2.24) is 25.1 Å². The molecule has 0 aliphatic carbocycles. The fourth-order valence-corrected chi connectivity index (χ4v) is 3.41. The Morgan fingerprint density at radius 1 is 1.22 bits per heavy atom. The van der Waals surface area contributed by atoms with Gasteiger partial charge in [-0.15, -0.1) is 0 Å². The van der Waals surface area contributed by atoms with Crippen LogP contribution in [0, 0.1) is 12.7 Å². The molecule has 0 saturated carbocycles. The van der Waals surface area contributed by atoms with Gasteiger partial charge in [0, 0.05) is 39.1 Å². The summed E-state index contributed by atoms with van der Waals surface area (Å²) in [5.41, 5.74) is 1.38. The van der Waals surface area contributed by atoms with E-state index in [2.05, 4.69) is 25.5 Å². The fourth-order valence-electron chi connectivity index (χ4n) is 3.41. The van der Waals surface area contributed by atoms with Crippen LogP contribution < -0.4 is 10.6 Å². The maximum atomic E-state index is 14.5. The number of nitrogens with zero attached hydrogens (tertiary/aromatic N) is 4. The van der Waals surface area contributed by atoms with E-state index < -0.39 is 0 Å². The van der Waals surface area contributed by atoms with E-state index in [1.165, 1.54) is 32.4 Å². The normalized spacial score (nSPS) is 15.7. The molecule has 2 N–H and O–H groups in total. The monoisotopic (exact) mass is 372 g/mol. The highest BCUT2D eigenvalue weighted by Gasteiger charge is 2.10. The summed E-state index contributed by atoms with van der Waals surface area (Å²) >= 11 is 0. The quantitative estimate of drug-likeness (QED) is 0.604. The summed E-state index contributed by atoms with van der Waals surface area (Å²) in [4.78, 5) is 10.9. The van der Waals surface area contributed by atoms with E-state index in [-0.39, 0.29) is 5.82 Å². The number of hydrogen-bond donors (Lipinski definition) is 2. The maximum absolute atomic E-state index is 14.5. The van der Waals surface area contributed by atoms with E-state index in [1.54, 1.807) is 36.1 Å². The SMILES string of the molecule is CN=C(NCCN1CCCCC1)NCc1ccc(-n2ccnc2C)c(F)c1. The van der Waals surface area contributed by atoms with Crippen LogP contribution in [0.4, 0.5) is 4.39 Å². The van der Waals surface area contributed by atoms with Crippen molar-refractivity contribution in [2.24, 2.45) is 4.99 Å². The molecular weight excluding hydrogens is 343 g/mol. The lowest BCUT2D eigenvalue weighted by atomic mass is 10.1. The van der Waals surface area contributed by atoms with Crippen molar-refractivity contribution in [2.45, 2.75) is 32.7 Å². The van der Waals surface area contributed by atoms with Crippen LogP contribution in [0.25, 0.3) is 5.69 Å². The first kappa shape index (κ1) is 19.4. The molecule has 1 aliphatic rings. The average Bonchev–Trinajstić information content (AvgIpc) is 3.11. The minimum Gasteiger partial charge on any atom is -0.355 e. The molecule has 0 amide bonds. The lowest BCUT2D eigenvalue weighted by Crippen LogP contribution is -2.42. The predicted molar refractivity (Wildman–Crippen MR) is 107 cm³/mol. The molecule has 0 unspecified atom stereocenters. The number of guanidine groups is 1. The molecule has 0 radical (unpaired) electrons. The van der Waals surface area contributed by atoms with Crippen molar-refractivity contribution in [2.75, 3.05) is 33.2 Å². The van der Waals surface area contributed by atoms with E-state index in [4.69, 9.17) is 0 Å². The van der Waals surface area contributed by atoms with Crippen LogP contribution in [0.1, 0.15) is 30.7 Å². The third-order valence-electron chi connectivity index (χ3n) is 4.95. The van der Waals surface area contributed by atoms with Gasteiger partial charge in [-0.3, -0.25) is 4.99 Å². The van der Waals surface area contributed by atoms with Gasteiger partial charge in [-0.25, -0.2) is 9.37 Å². The van der Waals surface area contributed by atoms with E-state index in [9.17, 15) is 4.39 Å². The van der Waals surface area contributed by atoms with Gasteiger partial charge < -0.3 is 20.1 Å². The van der Waals surface area contributed by atoms with Crippen molar-refractivity contribution in [3.05, 3.63) is 47.8 Å². The van der Waals surface area contributed by atoms with Crippen LogP contribution in [0.5, 0.6) is 0 Å². The second kappa shape index (κ2) is 9.50. The first-order valence-electron chi connectivity index (χ1n) is 9.63. The highest BCUT2D eigenvalue weighted by molar-refractivity contribution is 5.79. The number of aliphatic imine (C=N–C) groups is 1. The van der Waals surface area contributed by atoms with E-state index >= 15 is 0 Å². The Morgan fingerprint density at radius 2 is 2.04 bits per heavy atom. The highest BCUT2D eigenvalue weighted by Crippen LogP contribution is 2.16. The molecule has 0 bridgehead atoms. The lowest BCUT2D eigenvalue weighted by molar-refractivity contribution is 0.232. The summed E-state index contributed by atoms with van der Waals surface area (Å²) in [5, 5.41) is 6.58. The van der Waals surface area contributed by atoms with Gasteiger partial charge >= 0.3 is 0 Å². The number of benzene rings is 1. The van der Waals surface area contributed by atoms with Crippen LogP contribution in [0.3, 0.4) is 0 Å². The predicted octanol–water partition coefficient (Wildman–Crippen LogP) is 2.47. The number of rotatable bonds is 6. The minimum absolute atomic E-state index is 0.261. The molecule has 1 aromatic heterocycles. The summed E-state index contributed by atoms with van der Waals surface area (Å²) in [6.07, 6.45) is 7.38. The Hall–Kier alpha value is -2.41. The average molecular weight is 372 g/mol. The van der Waals surface area contributed by atoms with Crippen LogP contribution in [-0.4, -0.2) is 53.6 Å². The van der Waals surface area contributed by atoms with E-state index in [0.717, 1.165) is 30.4 Å². The van der Waals surface area contributed by atoms with Crippen molar-refractivity contribution >= 4 is 5.96 Å². The number of aryl methyl sites for hydroxylation is 1. The molecular formula is C20H29FN6. The molecule has 0 atom stereocenters. The Labute approximate surface area is 160 Å². The van der Waals surface area contributed by atoms with Gasteiger partial charge in [0.05, 0.1) is 5.69 Å². The number of hydrogen-bond acceptors (Lipinski definition) is 3. The summed E-state index contributed by atoms with van der Waals surface area (Å²) in [7, 11) is 1.75. The van der Waals surface area contributed by atoms with Crippen molar-refractivity contribution < 1.29 is 4.39 Å². The Morgan fingerprint density at radius 3 is 2.70 bits per heavy atom. The summed E-state index contributed by atoms with van der Waals surface area (Å²) in [6.45, 7) is 6.63. The standard InChI is InChI=1S/C20H29FN6/c1-16-23-9-13-27(16)19-7-6-17(14-18(19)21)15-25-20(22-2)24-8-12-26-10-4-3-5-11-26/h6-7,9,13-14H,3-5,8,10-12,15H2,1-2H3,(H2,22,24,25). The van der Waals surface area contributed by atoms with Gasteiger partial charge in [0.1, 0.15) is 11.6 Å². The van der Waals surface area contributed by atoms with E-state index in [1.807, 2.05) is 13.0 Å². The summed E-state index contributed by atoms with van der Waals surface area (Å²) in [6, 6.07) is 5.27. The van der Waals surface area contributed by atoms with Crippen molar-refractivity contribution in [1.29, 1.82) is 0 Å². The van der Waals surface area contributed by atoms with Gasteiger partial charge in [-0.1, -0.05) is 12.5 Å². The second-order valence-corrected chi connectivity index (χ2v) is 6.89. The Kier molecular flexibility index (Phi) is 6.81. The van der Waals surface area contributed by atoms with Crippen molar-refractivity contribution in [3.8, 4) is 5.69 Å². The largest absolute Gasteiger partial charge is 0.355 e. The van der Waals surface area contributed by atoms with Gasteiger partial charge in [0.15, 0.2) is 5.96 Å². The summed E-state index contributed by atoms with van der Waals surface area (Å²) in [5.74, 6) is 1.24. The first-order chi connectivity index (χ1) is 13.2. The zero-order valence-corrected chi connectivity index (χ0v) is 16.2. The topological polar surface area (TPSA) is 57.5 Å². The number of imidazole rings is 1. The number of likely N-dealkylation sites (tertiary alicyclic amines) is 1. The fraction of sp³-hybridized carbons (Fsp3) is 0.500. The molecule has 3 rings (SSSR count). The van der Waals surface area contributed by atoms with Crippen molar-refractivity contribution in [3.63, 3.8) is 0 Å². The van der Waals surface area contributed by atoms with Crippen LogP contribution in [-0.2, 0) is 6.54 Å². The second-order valence-electron chi connectivity index (χ2n) is 6.89. The molecule has 0 spiro atoms. The van der Waals surface area contributed by atoms with Gasteiger partial charge in [0.25, 0.3) is 0 Å². The molecule has 27 heavy (non-hydrogen) atoms. The molecule has 1 saturated heterocycles. The van der Waals surface area contributed by atoms with Gasteiger partial charge in [-0.05, 0) is 50.6 Å². The molecule has 2 aromatic rings. The van der Waals surface area contributed by atoms with Crippen LogP contribution >= 0.6 is 0 Å². The zero-order chi connectivity index (χ0) is 19.1. The lowest BCUT2D eigenvalue weighted by Gasteiger charge is -2.26. The van der Waals surface area contributed by atoms with Gasteiger partial charge in [-0.2, -0.15) is 0 Å². The van der Waals surface area contributed by atoms with E-state index in [0.29, 0.717) is 12.2 Å². The molecule has 1 aromatic carbocycles. The zero-order valence-electron chi connectivity index (χ0n) is 16.2. The number of nitrogens with one attached hydrogen (secondary N) is 2. The molecule has 2 heterocycles. The molecule has 1 aliphatic heterocycles. The first-order valence-corrected chi connectivity index (χ1v) is 9.63. The highest BCUT2D eigenvalue weighted by atomic mass is 19.1. The number of piperidine rings is 1. The molecule has 7 heteroatoms. The molecule has 146 valence electrons.